The van der Waals surface area contributed by atoms with Gasteiger partial charge in [0.15, 0.2) is 5.69 Å². The van der Waals surface area contributed by atoms with Gasteiger partial charge < -0.3 is 15.5 Å². The largest absolute Gasteiger partial charge is 0.315 e. The average molecular weight is 450 g/mol. The molecular formula is C21H28ClN5O2S. The monoisotopic (exact) mass is 449 g/mol. The van der Waals surface area contributed by atoms with Crippen LogP contribution < -0.4 is 10.6 Å². The molecule has 0 bridgehead atoms. The summed E-state index contributed by atoms with van der Waals surface area (Å²) in [5.74, 6) is 0.0179. The minimum atomic E-state index is -0.405. The minimum Gasteiger partial charge on any atom is -0.315 e. The zero-order valence-electron chi connectivity index (χ0n) is 17.7. The van der Waals surface area contributed by atoms with Crippen LogP contribution in [-0.2, 0) is 4.79 Å². The Bertz CT molecular complexity index is 889. The van der Waals surface area contributed by atoms with E-state index in [9.17, 15) is 9.59 Å². The number of amides is 2. The Balaban J connectivity index is 1.73. The Morgan fingerprint density at radius 3 is 2.43 bits per heavy atom. The highest BCUT2D eigenvalue weighted by molar-refractivity contribution is 7.16. The Hall–Kier alpha value is -2.03. The van der Waals surface area contributed by atoms with Crippen molar-refractivity contribution in [3.05, 3.63) is 34.1 Å². The van der Waals surface area contributed by atoms with Crippen molar-refractivity contribution in [3.8, 4) is 0 Å². The van der Waals surface area contributed by atoms with Crippen molar-refractivity contribution in [2.75, 3.05) is 23.7 Å². The highest BCUT2D eigenvalue weighted by atomic mass is 35.5. The molecule has 0 atom stereocenters. The Morgan fingerprint density at radius 2 is 1.87 bits per heavy atom. The third-order valence-corrected chi connectivity index (χ3v) is 6.68. The molecule has 0 aromatic carbocycles. The molecule has 1 fully saturated rings. The SMILES string of the molecule is CC(C)c1nc(C(=O)Nc2ccc(Cl)cn2)c(NC(=O)C2CCN(C(C)C)CC2)s1. The van der Waals surface area contributed by atoms with Gasteiger partial charge in [-0.25, -0.2) is 9.97 Å². The molecule has 1 aliphatic heterocycles. The van der Waals surface area contributed by atoms with Gasteiger partial charge in [0, 0.05) is 24.1 Å². The summed E-state index contributed by atoms with van der Waals surface area (Å²) in [6.07, 6.45) is 3.09. The summed E-state index contributed by atoms with van der Waals surface area (Å²) in [7, 11) is 0. The van der Waals surface area contributed by atoms with E-state index in [-0.39, 0.29) is 23.4 Å². The lowest BCUT2D eigenvalue weighted by molar-refractivity contribution is -0.121. The lowest BCUT2D eigenvalue weighted by Crippen LogP contribution is -2.41. The van der Waals surface area contributed by atoms with Crippen molar-refractivity contribution in [3.63, 3.8) is 0 Å². The fourth-order valence-electron chi connectivity index (χ4n) is 3.34. The zero-order chi connectivity index (χ0) is 21.8. The van der Waals surface area contributed by atoms with Crippen LogP contribution in [0.2, 0.25) is 5.02 Å². The summed E-state index contributed by atoms with van der Waals surface area (Å²) in [4.78, 5) is 36.7. The van der Waals surface area contributed by atoms with Gasteiger partial charge in [-0.05, 0) is 51.9 Å². The Kier molecular flexibility index (Phi) is 7.44. The molecule has 9 heteroatoms. The van der Waals surface area contributed by atoms with Gasteiger partial charge in [0.05, 0.1) is 10.0 Å². The summed E-state index contributed by atoms with van der Waals surface area (Å²) in [5, 5.41) is 7.47. The van der Waals surface area contributed by atoms with Gasteiger partial charge >= 0.3 is 0 Å². The summed E-state index contributed by atoms with van der Waals surface area (Å²) < 4.78 is 0. The summed E-state index contributed by atoms with van der Waals surface area (Å²) in [5.41, 5.74) is 0.216. The number of carbonyl (C=O) groups is 2. The molecule has 2 N–H and O–H groups in total. The van der Waals surface area contributed by atoms with Crippen molar-refractivity contribution in [2.24, 2.45) is 5.92 Å². The van der Waals surface area contributed by atoms with Crippen molar-refractivity contribution in [2.45, 2.75) is 52.5 Å². The Labute approximate surface area is 186 Å². The smallest absolute Gasteiger partial charge is 0.278 e. The maximum Gasteiger partial charge on any atom is 0.278 e. The van der Waals surface area contributed by atoms with Gasteiger partial charge in [0.2, 0.25) is 5.91 Å². The topological polar surface area (TPSA) is 87.2 Å². The number of carbonyl (C=O) groups excluding carboxylic acids is 2. The maximum absolute atomic E-state index is 12.9. The van der Waals surface area contributed by atoms with Crippen LogP contribution in [-0.4, -0.2) is 45.8 Å². The number of nitrogens with zero attached hydrogens (tertiary/aromatic N) is 3. The van der Waals surface area contributed by atoms with E-state index in [2.05, 4.69) is 39.3 Å². The minimum absolute atomic E-state index is 0.0453. The highest BCUT2D eigenvalue weighted by Gasteiger charge is 2.28. The predicted octanol–water partition coefficient (Wildman–Crippen LogP) is 4.63. The van der Waals surface area contributed by atoms with Crippen LogP contribution in [0.15, 0.2) is 18.3 Å². The van der Waals surface area contributed by atoms with Crippen LogP contribution in [0.3, 0.4) is 0 Å². The van der Waals surface area contributed by atoms with Crippen molar-refractivity contribution < 1.29 is 9.59 Å². The van der Waals surface area contributed by atoms with Gasteiger partial charge in [0.1, 0.15) is 10.8 Å². The average Bonchev–Trinajstić information content (AvgIpc) is 3.14. The molecule has 162 valence electrons. The lowest BCUT2D eigenvalue weighted by Gasteiger charge is -2.33. The normalized spacial score (nSPS) is 15.6. The van der Waals surface area contributed by atoms with Crippen LogP contribution in [0.1, 0.15) is 62.0 Å². The van der Waals surface area contributed by atoms with Gasteiger partial charge in [-0.15, -0.1) is 11.3 Å². The fraction of sp³-hybridized carbons (Fsp3) is 0.524. The van der Waals surface area contributed by atoms with Crippen LogP contribution >= 0.6 is 22.9 Å². The second kappa shape index (κ2) is 9.85. The van der Waals surface area contributed by atoms with Gasteiger partial charge in [-0.1, -0.05) is 25.4 Å². The number of hydrogen-bond donors (Lipinski definition) is 2. The first-order chi connectivity index (χ1) is 14.2. The van der Waals surface area contributed by atoms with E-state index in [0.717, 1.165) is 30.9 Å². The zero-order valence-corrected chi connectivity index (χ0v) is 19.3. The summed E-state index contributed by atoms with van der Waals surface area (Å²) >= 11 is 7.20. The maximum atomic E-state index is 12.9. The van der Waals surface area contributed by atoms with E-state index in [4.69, 9.17) is 11.6 Å². The van der Waals surface area contributed by atoms with Gasteiger partial charge in [-0.2, -0.15) is 0 Å². The van der Waals surface area contributed by atoms with E-state index >= 15 is 0 Å². The number of hydrogen-bond acceptors (Lipinski definition) is 6. The van der Waals surface area contributed by atoms with Crippen LogP contribution in [0.25, 0.3) is 0 Å². The number of likely N-dealkylation sites (tertiary alicyclic amines) is 1. The third kappa shape index (κ3) is 5.56. The molecule has 0 aliphatic carbocycles. The predicted molar refractivity (Wildman–Crippen MR) is 121 cm³/mol. The number of rotatable bonds is 6. The Morgan fingerprint density at radius 1 is 1.17 bits per heavy atom. The number of halogens is 1. The van der Waals surface area contributed by atoms with Crippen LogP contribution in [0.4, 0.5) is 10.8 Å². The van der Waals surface area contributed by atoms with Crippen molar-refractivity contribution in [1.82, 2.24) is 14.9 Å². The van der Waals surface area contributed by atoms with Crippen LogP contribution in [0, 0.1) is 5.92 Å². The first-order valence-electron chi connectivity index (χ1n) is 10.2. The van der Waals surface area contributed by atoms with Crippen molar-refractivity contribution >= 4 is 45.6 Å². The molecule has 2 aromatic rings. The van der Waals surface area contributed by atoms with E-state index in [1.165, 1.54) is 17.5 Å². The second-order valence-electron chi connectivity index (χ2n) is 8.09. The molecule has 0 radical (unpaired) electrons. The molecule has 1 aliphatic rings. The van der Waals surface area contributed by atoms with Crippen LogP contribution in [0.5, 0.6) is 0 Å². The molecule has 1 saturated heterocycles. The third-order valence-electron chi connectivity index (χ3n) is 5.19. The number of piperidine rings is 1. The first kappa shape index (κ1) is 22.7. The molecule has 2 amide bonds. The number of thiazole rings is 1. The second-order valence-corrected chi connectivity index (χ2v) is 9.56. The summed E-state index contributed by atoms with van der Waals surface area (Å²) in [6.45, 7) is 10.2. The molecule has 7 nitrogen and oxygen atoms in total. The molecule has 30 heavy (non-hydrogen) atoms. The molecule has 0 unspecified atom stereocenters. The van der Waals surface area contributed by atoms with E-state index < -0.39 is 5.91 Å². The number of nitrogens with one attached hydrogen (secondary N) is 2. The van der Waals surface area contributed by atoms with E-state index in [1.807, 2.05) is 13.8 Å². The van der Waals surface area contributed by atoms with E-state index in [0.29, 0.717) is 21.9 Å². The van der Waals surface area contributed by atoms with E-state index in [1.54, 1.807) is 12.1 Å². The summed E-state index contributed by atoms with van der Waals surface area (Å²) in [6, 6.07) is 3.76. The molecule has 3 rings (SSSR count). The lowest BCUT2D eigenvalue weighted by atomic mass is 9.95. The highest BCUT2D eigenvalue weighted by Crippen LogP contribution is 2.31. The first-order valence-corrected chi connectivity index (χ1v) is 11.4. The molecule has 2 aromatic heterocycles. The number of pyridine rings is 1. The molecule has 0 spiro atoms. The molecule has 3 heterocycles. The van der Waals surface area contributed by atoms with Crippen molar-refractivity contribution in [1.29, 1.82) is 0 Å². The quantitative estimate of drug-likeness (QED) is 0.671. The fourth-order valence-corrected chi connectivity index (χ4v) is 4.42. The molecular weight excluding hydrogens is 422 g/mol. The molecule has 0 saturated carbocycles. The van der Waals surface area contributed by atoms with Gasteiger partial charge in [0.25, 0.3) is 5.91 Å². The number of anilines is 2. The number of aromatic nitrogens is 2. The van der Waals surface area contributed by atoms with Gasteiger partial charge in [-0.3, -0.25) is 9.59 Å². The standard InChI is InChI=1S/C21H28ClN5O2S/c1-12(2)20-25-17(19(29)24-16-6-5-15(22)11-23-16)21(30-20)26-18(28)14-7-9-27(10-8-14)13(3)4/h5-6,11-14H,7-10H2,1-4H3,(H,26,28)(H,23,24,29).